The minimum atomic E-state index is -3.89. The van der Waals surface area contributed by atoms with Crippen LogP contribution in [0.4, 0.5) is 11.6 Å². The van der Waals surface area contributed by atoms with Crippen LogP contribution in [-0.4, -0.2) is 57.1 Å². The number of sulfone groups is 1. The van der Waals surface area contributed by atoms with Gasteiger partial charge in [0, 0.05) is 38.6 Å². The summed E-state index contributed by atoms with van der Waals surface area (Å²) in [4.78, 5) is 37.0. The van der Waals surface area contributed by atoms with E-state index in [1.54, 1.807) is 29.8 Å². The van der Waals surface area contributed by atoms with Crippen LogP contribution in [0, 0.1) is 11.8 Å². The fraction of sp³-hybridized carbons (Fsp3) is 0.455. The number of piperidine rings is 1. The highest BCUT2D eigenvalue weighted by Gasteiger charge is 2.27. The molecule has 4 rings (SSSR count). The summed E-state index contributed by atoms with van der Waals surface area (Å²) in [5.41, 5.74) is 5.46. The Labute approximate surface area is 202 Å². The zero-order valence-electron chi connectivity index (χ0n) is 19.6. The van der Waals surface area contributed by atoms with Gasteiger partial charge in [0.1, 0.15) is 11.8 Å². The Morgan fingerprint density at radius 1 is 1.29 bits per heavy atom. The molecule has 0 amide bonds. The second-order valence-electron chi connectivity index (χ2n) is 8.46. The highest BCUT2D eigenvalue weighted by molar-refractivity contribution is 7.90. The van der Waals surface area contributed by atoms with Crippen molar-refractivity contribution in [2.45, 2.75) is 38.2 Å². The molecular formula is C22H28N8O4S. The molecule has 4 heterocycles. The highest BCUT2D eigenvalue weighted by atomic mass is 32.2. The molecule has 12 nitrogen and oxygen atoms in total. The number of nitrogens with one attached hydrogen (secondary N) is 1. The number of hydrogen-bond donors (Lipinski definition) is 2. The molecule has 0 aliphatic carbocycles. The van der Waals surface area contributed by atoms with E-state index in [1.165, 1.54) is 17.8 Å². The lowest BCUT2D eigenvalue weighted by Gasteiger charge is -2.31. The van der Waals surface area contributed by atoms with Crippen LogP contribution in [0.25, 0.3) is 11.2 Å². The number of aryl methyl sites for hydroxylation is 1. The highest BCUT2D eigenvalue weighted by Crippen LogP contribution is 2.22. The van der Waals surface area contributed by atoms with E-state index in [-0.39, 0.29) is 23.8 Å². The van der Waals surface area contributed by atoms with Crippen molar-refractivity contribution >= 4 is 32.6 Å². The fourth-order valence-corrected chi connectivity index (χ4v) is 5.22. The van der Waals surface area contributed by atoms with Gasteiger partial charge in [-0.1, -0.05) is 5.92 Å². The van der Waals surface area contributed by atoms with Crippen LogP contribution in [-0.2, 0) is 29.3 Å². The minimum absolute atomic E-state index is 0.0350. The first-order chi connectivity index (χ1) is 16.7. The molecule has 13 heteroatoms. The monoisotopic (exact) mass is 500 g/mol. The average molecular weight is 501 g/mol. The molecule has 1 unspecified atom stereocenters. The van der Waals surface area contributed by atoms with Crippen LogP contribution < -0.4 is 27.2 Å². The third-order valence-electron chi connectivity index (χ3n) is 5.85. The molecule has 0 aromatic carbocycles. The summed E-state index contributed by atoms with van der Waals surface area (Å²) in [5.74, 6) is 5.00. The van der Waals surface area contributed by atoms with Crippen molar-refractivity contribution in [1.82, 2.24) is 23.7 Å². The van der Waals surface area contributed by atoms with Crippen molar-refractivity contribution in [3.05, 3.63) is 45.4 Å². The van der Waals surface area contributed by atoms with E-state index in [1.807, 2.05) is 4.90 Å². The number of imidazole rings is 1. The lowest BCUT2D eigenvalue weighted by atomic mass is 10.1. The average Bonchev–Trinajstić information content (AvgIpc) is 3.23. The topological polar surface area (TPSA) is 150 Å². The number of aromatic nitrogens is 5. The SMILES string of the molecule is CC#CCn1c(N2CCCC(N)C2)nc2c1c(=O)n(CS(=O)(=O)CNc1cccnc1)c(=O)n2C. The summed E-state index contributed by atoms with van der Waals surface area (Å²) in [7, 11) is -2.42. The van der Waals surface area contributed by atoms with E-state index in [0.29, 0.717) is 24.7 Å². The Balaban J connectivity index is 1.78. The van der Waals surface area contributed by atoms with Gasteiger partial charge in [0.15, 0.2) is 21.0 Å². The Hall–Kier alpha value is -3.63. The summed E-state index contributed by atoms with van der Waals surface area (Å²) >= 11 is 0. The third kappa shape index (κ3) is 5.08. The Kier molecular flexibility index (Phi) is 6.95. The number of anilines is 2. The molecule has 3 aromatic rings. The van der Waals surface area contributed by atoms with E-state index in [0.717, 1.165) is 17.4 Å². The molecule has 0 saturated carbocycles. The van der Waals surface area contributed by atoms with E-state index < -0.39 is 32.8 Å². The minimum Gasteiger partial charge on any atom is -0.370 e. The van der Waals surface area contributed by atoms with Crippen LogP contribution in [0.2, 0.25) is 0 Å². The van der Waals surface area contributed by atoms with Crippen LogP contribution in [0.3, 0.4) is 0 Å². The summed E-state index contributed by atoms with van der Waals surface area (Å²) < 4.78 is 29.2. The van der Waals surface area contributed by atoms with Gasteiger partial charge in [-0.05, 0) is 31.9 Å². The largest absolute Gasteiger partial charge is 0.370 e. The number of fused-ring (bicyclic) bond motifs is 1. The second kappa shape index (κ2) is 9.93. The van der Waals surface area contributed by atoms with Gasteiger partial charge in [0.25, 0.3) is 5.56 Å². The molecule has 186 valence electrons. The molecule has 0 bridgehead atoms. The quantitative estimate of drug-likeness (QED) is 0.416. The molecule has 1 atom stereocenters. The summed E-state index contributed by atoms with van der Waals surface area (Å²) in [6.45, 7) is 3.11. The first-order valence-electron chi connectivity index (χ1n) is 11.2. The van der Waals surface area contributed by atoms with Gasteiger partial charge in [-0.25, -0.2) is 17.8 Å². The summed E-state index contributed by atoms with van der Waals surface area (Å²) in [5, 5.41) is 2.76. The fourth-order valence-electron chi connectivity index (χ4n) is 4.12. The van der Waals surface area contributed by atoms with Crippen molar-refractivity contribution in [1.29, 1.82) is 0 Å². The van der Waals surface area contributed by atoms with Gasteiger partial charge in [0.2, 0.25) is 5.95 Å². The predicted octanol–water partition coefficient (Wildman–Crippen LogP) is -0.316. The zero-order chi connectivity index (χ0) is 25.2. The first kappa shape index (κ1) is 24.5. The maximum atomic E-state index is 13.5. The molecule has 35 heavy (non-hydrogen) atoms. The Bertz CT molecular complexity index is 1510. The normalized spacial score (nSPS) is 16.2. The molecule has 1 saturated heterocycles. The van der Waals surface area contributed by atoms with Gasteiger partial charge < -0.3 is 16.0 Å². The van der Waals surface area contributed by atoms with Gasteiger partial charge in [-0.3, -0.25) is 18.9 Å². The number of nitrogens with zero attached hydrogens (tertiary/aromatic N) is 6. The molecule has 1 aliphatic rings. The van der Waals surface area contributed by atoms with Crippen LogP contribution in [0.5, 0.6) is 0 Å². The second-order valence-corrected chi connectivity index (χ2v) is 10.5. The maximum Gasteiger partial charge on any atom is 0.333 e. The molecule has 0 spiro atoms. The van der Waals surface area contributed by atoms with Gasteiger partial charge in [-0.15, -0.1) is 5.92 Å². The van der Waals surface area contributed by atoms with Crippen LogP contribution >= 0.6 is 0 Å². The van der Waals surface area contributed by atoms with Crippen molar-refractivity contribution in [3.8, 4) is 11.8 Å². The summed E-state index contributed by atoms with van der Waals surface area (Å²) in [6.07, 6.45) is 4.81. The Morgan fingerprint density at radius 2 is 2.09 bits per heavy atom. The van der Waals surface area contributed by atoms with Gasteiger partial charge >= 0.3 is 5.69 Å². The number of rotatable bonds is 7. The number of nitrogens with two attached hydrogens (primary N) is 1. The molecule has 1 aliphatic heterocycles. The lowest BCUT2D eigenvalue weighted by molar-refractivity contribution is 0.496. The molecule has 0 radical (unpaired) electrons. The molecule has 3 aromatic heterocycles. The van der Waals surface area contributed by atoms with E-state index in [9.17, 15) is 18.0 Å². The standard InChI is InChI=1S/C22H28N8O4S/c1-3-4-11-29-18-19(26-21(29)28-10-6-7-16(23)13-28)27(2)22(32)30(20(18)31)15-35(33,34)14-25-17-8-5-9-24-12-17/h5,8-9,12,16,25H,6-7,10-11,13-15,23H2,1-2H3. The molecule has 3 N–H and O–H groups in total. The van der Waals surface area contributed by atoms with Crippen molar-refractivity contribution < 1.29 is 8.42 Å². The van der Waals surface area contributed by atoms with Crippen LogP contribution in [0.1, 0.15) is 19.8 Å². The predicted molar refractivity (Wildman–Crippen MR) is 134 cm³/mol. The van der Waals surface area contributed by atoms with Crippen molar-refractivity contribution in [3.63, 3.8) is 0 Å². The van der Waals surface area contributed by atoms with Crippen LogP contribution in [0.15, 0.2) is 34.1 Å². The summed E-state index contributed by atoms with van der Waals surface area (Å²) in [6, 6.07) is 3.30. The van der Waals surface area contributed by atoms with Crippen molar-refractivity contribution in [2.24, 2.45) is 12.8 Å². The Morgan fingerprint density at radius 3 is 2.77 bits per heavy atom. The third-order valence-corrected chi connectivity index (χ3v) is 7.09. The van der Waals surface area contributed by atoms with Gasteiger partial charge in [0.05, 0.1) is 12.2 Å². The smallest absolute Gasteiger partial charge is 0.333 e. The van der Waals surface area contributed by atoms with E-state index >= 15 is 0 Å². The van der Waals surface area contributed by atoms with E-state index in [2.05, 4.69) is 27.1 Å². The van der Waals surface area contributed by atoms with Gasteiger partial charge in [-0.2, -0.15) is 4.98 Å². The molecule has 1 fully saturated rings. The number of pyridine rings is 1. The van der Waals surface area contributed by atoms with Crippen molar-refractivity contribution in [2.75, 3.05) is 29.2 Å². The van der Waals surface area contributed by atoms with E-state index in [4.69, 9.17) is 5.73 Å². The number of hydrogen-bond acceptors (Lipinski definition) is 9. The lowest BCUT2D eigenvalue weighted by Crippen LogP contribution is -2.44. The molecular weight excluding hydrogens is 472 g/mol. The zero-order valence-corrected chi connectivity index (χ0v) is 20.5. The first-order valence-corrected chi connectivity index (χ1v) is 13.0. The maximum absolute atomic E-state index is 13.5.